The van der Waals surface area contributed by atoms with Gasteiger partial charge in [0.05, 0.1) is 26.1 Å². The molecule has 0 spiro atoms. The number of aldehydes is 1. The third-order valence-corrected chi connectivity index (χ3v) is 13.8. The van der Waals surface area contributed by atoms with Crippen LogP contribution in [0.2, 0.25) is 0 Å². The second-order valence-electron chi connectivity index (χ2n) is 18.6. The van der Waals surface area contributed by atoms with E-state index in [1.54, 1.807) is 9.80 Å². The van der Waals surface area contributed by atoms with E-state index in [4.69, 9.17) is 9.47 Å². The van der Waals surface area contributed by atoms with E-state index in [0.717, 1.165) is 67.2 Å². The molecule has 11 nitrogen and oxygen atoms in total. The fraction of sp³-hybridized carbons (Fsp3) is 0.359. The highest BCUT2D eigenvalue weighted by Crippen LogP contribution is 2.33. The van der Waals surface area contributed by atoms with Crippen molar-refractivity contribution in [2.75, 3.05) is 47.9 Å². The fourth-order valence-electron chi connectivity index (χ4n) is 9.80. The summed E-state index contributed by atoms with van der Waals surface area (Å²) < 4.78 is 10.1. The number of esters is 2. The molecule has 2 aliphatic rings. The van der Waals surface area contributed by atoms with Crippen LogP contribution in [0.15, 0.2) is 182 Å². The summed E-state index contributed by atoms with van der Waals surface area (Å²) in [5.74, 6) is -1.74. The average molecular weight is 1020 g/mol. The monoisotopic (exact) mass is 1020 g/mol. The van der Waals surface area contributed by atoms with Crippen molar-refractivity contribution in [2.24, 2.45) is 0 Å². The summed E-state index contributed by atoms with van der Waals surface area (Å²) in [5, 5.41) is 3.17. The van der Waals surface area contributed by atoms with Crippen LogP contribution in [0, 0.1) is 0 Å². The number of aryl methyl sites for hydroxylation is 2. The van der Waals surface area contributed by atoms with Crippen molar-refractivity contribution < 1.29 is 33.4 Å². The topological polar surface area (TPSA) is 126 Å². The lowest BCUT2D eigenvalue weighted by atomic mass is 9.90. The highest BCUT2D eigenvalue weighted by Gasteiger charge is 2.45. The zero-order valence-electron chi connectivity index (χ0n) is 42.8. The van der Waals surface area contributed by atoms with Crippen molar-refractivity contribution in [1.29, 1.82) is 0 Å². The Hall–Kier alpha value is -7.21. The van der Waals surface area contributed by atoms with E-state index < -0.39 is 23.9 Å². The second kappa shape index (κ2) is 32.2. The molecule has 0 bridgehead atoms. The molecule has 0 aliphatic carbocycles. The Morgan fingerprint density at radius 1 is 0.547 bits per heavy atom. The van der Waals surface area contributed by atoms with Crippen LogP contribution >= 0.6 is 0 Å². The van der Waals surface area contributed by atoms with E-state index in [1.807, 2.05) is 153 Å². The number of ether oxygens (including phenoxy) is 2. The number of amides is 2. The molecule has 6 aromatic rings. The van der Waals surface area contributed by atoms with Gasteiger partial charge >= 0.3 is 11.9 Å². The molecular formula is C64H80N4O7. The predicted octanol–water partition coefficient (Wildman–Crippen LogP) is 10.6. The minimum absolute atomic E-state index is 0. The van der Waals surface area contributed by atoms with E-state index in [0.29, 0.717) is 32.4 Å². The quantitative estimate of drug-likeness (QED) is 0.0480. The number of likely N-dealkylation sites (N-methyl/N-ethyl adjacent to an activating group) is 2. The van der Waals surface area contributed by atoms with Crippen molar-refractivity contribution in [3.8, 4) is 0 Å². The molecule has 6 aromatic carbocycles. The maximum absolute atomic E-state index is 14.1. The molecule has 2 fully saturated rings. The van der Waals surface area contributed by atoms with Gasteiger partial charge in [-0.2, -0.15) is 0 Å². The summed E-state index contributed by atoms with van der Waals surface area (Å²) >= 11 is 0. The van der Waals surface area contributed by atoms with Gasteiger partial charge in [-0.1, -0.05) is 197 Å². The van der Waals surface area contributed by atoms with Gasteiger partial charge in [0.1, 0.15) is 18.4 Å². The maximum Gasteiger partial charge on any atom is 0.328 e. The van der Waals surface area contributed by atoms with Crippen LogP contribution in [-0.2, 0) is 46.3 Å². The number of benzene rings is 6. The lowest BCUT2D eigenvalue weighted by Gasteiger charge is -2.29. The Kier molecular flexibility index (Phi) is 25.9. The minimum atomic E-state index is -0.575. The Balaban J connectivity index is 0.000000272. The Labute approximate surface area is 447 Å². The van der Waals surface area contributed by atoms with Crippen LogP contribution in [0.5, 0.6) is 0 Å². The lowest BCUT2D eigenvalue weighted by Crippen LogP contribution is -2.44. The standard InChI is InChI=1S/C31H36N2O3.C21H24N2O3.C10H12O.2CH4/c1-32(21-13-12-16-24-14-6-3-7-15-24)27-22-28(31(35)36-2)33(23-27)30(34)29(25-17-8-4-9-18-25)26-19-10-5-11-20-26;1-22-17-13-18(21(25)26-2)23(14-17)20(24)19(15-9-5-3-6-10-15)16-11-7-4-8-12-16;11-9-5-4-8-10-6-2-1-3-7-10;;/h3-11,14-15,17-20,27-29H,12-13,16,21-23H2,1-2H3;3-12,17-19,22H,13-14H2,1-2H3;1-3,6-7,9H,4-5,8H2;2*1H4/t27-,28-;17-,18-;;;/m00.../s1. The maximum atomic E-state index is 14.1. The van der Waals surface area contributed by atoms with Gasteiger partial charge in [-0.3, -0.25) is 9.59 Å². The number of nitrogens with zero attached hydrogens (tertiary/aromatic N) is 3. The number of methoxy groups -OCH3 is 2. The van der Waals surface area contributed by atoms with Crippen molar-refractivity contribution in [3.05, 3.63) is 215 Å². The average Bonchev–Trinajstić information content (AvgIpc) is 4.11. The number of unbranched alkanes of at least 4 members (excludes halogenated alkanes) is 2. The SMILES string of the molecule is C.C.CN[C@H]1C[C@@H](C(=O)OC)N(C(=O)C(c2ccccc2)c2ccccc2)C1.COC(=O)[C@@H]1C[C@H](N(C)CCCCc2ccccc2)CN1C(=O)C(c1ccccc1)c1ccccc1.O=CCCCc1ccccc1. The lowest BCUT2D eigenvalue weighted by molar-refractivity contribution is -0.151. The highest BCUT2D eigenvalue weighted by molar-refractivity contribution is 5.92. The molecule has 0 saturated carbocycles. The van der Waals surface area contributed by atoms with E-state index in [9.17, 15) is 24.0 Å². The number of hydrogen-bond donors (Lipinski definition) is 1. The van der Waals surface area contributed by atoms with Crippen LogP contribution in [0.25, 0.3) is 0 Å². The van der Waals surface area contributed by atoms with Crippen LogP contribution in [0.4, 0.5) is 0 Å². The molecular weight excluding hydrogens is 937 g/mol. The van der Waals surface area contributed by atoms with Crippen LogP contribution < -0.4 is 5.32 Å². The molecule has 1 N–H and O–H groups in total. The van der Waals surface area contributed by atoms with E-state index >= 15 is 0 Å². The molecule has 2 aliphatic heterocycles. The molecule has 2 saturated heterocycles. The van der Waals surface area contributed by atoms with Crippen molar-refractivity contribution in [2.45, 2.75) is 102 Å². The van der Waals surface area contributed by atoms with Gasteiger partial charge in [-0.15, -0.1) is 0 Å². The first-order chi connectivity index (χ1) is 35.7. The molecule has 2 amide bonds. The fourth-order valence-corrected chi connectivity index (χ4v) is 9.80. The number of nitrogens with one attached hydrogen (secondary N) is 1. The molecule has 0 radical (unpaired) electrons. The summed E-state index contributed by atoms with van der Waals surface area (Å²) in [5.41, 5.74) is 6.36. The number of hydrogen-bond acceptors (Lipinski definition) is 9. The second-order valence-corrected chi connectivity index (χ2v) is 18.6. The van der Waals surface area contributed by atoms with E-state index in [1.165, 1.54) is 25.3 Å². The highest BCUT2D eigenvalue weighted by atomic mass is 16.5. The van der Waals surface area contributed by atoms with Gasteiger partial charge in [0, 0.05) is 31.6 Å². The zero-order chi connectivity index (χ0) is 51.8. The van der Waals surface area contributed by atoms with Gasteiger partial charge in [0.2, 0.25) is 11.8 Å². The van der Waals surface area contributed by atoms with Gasteiger partial charge in [-0.25, -0.2) is 9.59 Å². The van der Waals surface area contributed by atoms with E-state index in [-0.39, 0.29) is 50.7 Å². The largest absolute Gasteiger partial charge is 0.467 e. The van der Waals surface area contributed by atoms with Gasteiger partial charge in [0.25, 0.3) is 0 Å². The normalized spacial score (nSPS) is 16.6. The number of likely N-dealkylation sites (tertiary alicyclic amines) is 2. The first-order valence-corrected chi connectivity index (χ1v) is 25.5. The number of rotatable bonds is 19. The zero-order valence-corrected chi connectivity index (χ0v) is 42.8. The summed E-state index contributed by atoms with van der Waals surface area (Å²) in [6.45, 7) is 1.93. The minimum Gasteiger partial charge on any atom is -0.467 e. The van der Waals surface area contributed by atoms with Crippen molar-refractivity contribution >= 4 is 30.0 Å². The van der Waals surface area contributed by atoms with Crippen LogP contribution in [-0.4, -0.2) is 117 Å². The summed E-state index contributed by atoms with van der Waals surface area (Å²) in [6.07, 6.45) is 8.01. The number of carbonyl (C=O) groups excluding carboxylic acids is 5. The first kappa shape index (κ1) is 60.3. The molecule has 2 heterocycles. The molecule has 4 atom stereocenters. The Morgan fingerprint density at radius 3 is 1.28 bits per heavy atom. The molecule has 8 rings (SSSR count). The van der Waals surface area contributed by atoms with Crippen molar-refractivity contribution in [1.82, 2.24) is 20.0 Å². The third-order valence-electron chi connectivity index (χ3n) is 13.8. The Morgan fingerprint density at radius 2 is 0.907 bits per heavy atom. The molecule has 11 heteroatoms. The van der Waals surface area contributed by atoms with Crippen LogP contribution in [0.3, 0.4) is 0 Å². The number of carbonyl (C=O) groups is 5. The van der Waals surface area contributed by atoms with Gasteiger partial charge < -0.3 is 34.3 Å². The predicted molar refractivity (Wildman–Crippen MR) is 301 cm³/mol. The Bertz CT molecular complexity index is 2490. The molecule has 398 valence electrons. The van der Waals surface area contributed by atoms with E-state index in [2.05, 4.69) is 53.7 Å². The molecule has 0 aromatic heterocycles. The van der Waals surface area contributed by atoms with Crippen LogP contribution in [0.1, 0.15) is 98.6 Å². The summed E-state index contributed by atoms with van der Waals surface area (Å²) in [7, 11) is 6.71. The van der Waals surface area contributed by atoms with Gasteiger partial charge in [-0.05, 0) is 99.0 Å². The molecule has 75 heavy (non-hydrogen) atoms. The summed E-state index contributed by atoms with van der Waals surface area (Å²) in [4.78, 5) is 68.3. The third kappa shape index (κ3) is 17.4. The summed E-state index contributed by atoms with van der Waals surface area (Å²) in [6, 6.07) is 58.8. The molecule has 0 unspecified atom stereocenters. The smallest absolute Gasteiger partial charge is 0.328 e. The van der Waals surface area contributed by atoms with Gasteiger partial charge in [0.15, 0.2) is 0 Å². The first-order valence-electron chi connectivity index (χ1n) is 25.5. The van der Waals surface area contributed by atoms with Crippen molar-refractivity contribution in [3.63, 3.8) is 0 Å².